The van der Waals surface area contributed by atoms with E-state index in [1.807, 2.05) is 0 Å². The molecule has 1 atom stereocenters. The van der Waals surface area contributed by atoms with E-state index in [1.54, 1.807) is 6.92 Å². The summed E-state index contributed by atoms with van der Waals surface area (Å²) in [6, 6.07) is 0. The predicted octanol–water partition coefficient (Wildman–Crippen LogP) is 0.291. The summed E-state index contributed by atoms with van der Waals surface area (Å²) in [5.74, 6) is 0. The van der Waals surface area contributed by atoms with Gasteiger partial charge in [-0.05, 0) is 13.8 Å². The van der Waals surface area contributed by atoms with Crippen molar-refractivity contribution in [2.75, 3.05) is 6.61 Å². The van der Waals surface area contributed by atoms with Crippen molar-refractivity contribution in [2.45, 2.75) is 26.1 Å². The van der Waals surface area contributed by atoms with Crippen molar-refractivity contribution in [2.24, 2.45) is 0 Å². The van der Waals surface area contributed by atoms with E-state index in [9.17, 15) is 20.2 Å². The Balaban J connectivity index is 4.29. The van der Waals surface area contributed by atoms with Crippen LogP contribution in [0.3, 0.4) is 0 Å². The first-order chi connectivity index (χ1) is 5.50. The Kier molecular flexibility index (Phi) is 4.12. The van der Waals surface area contributed by atoms with Gasteiger partial charge in [0.15, 0.2) is 6.10 Å². The van der Waals surface area contributed by atoms with Crippen LogP contribution in [0.4, 0.5) is 0 Å². The fourth-order valence-electron chi connectivity index (χ4n) is 0.769. The molecule has 0 aliphatic heterocycles. The number of hydrogen-bond donors (Lipinski definition) is 0. The molecule has 0 aromatic heterocycles. The highest BCUT2D eigenvalue weighted by atomic mass is 16.7. The molecule has 0 aromatic rings. The third-order valence-electron chi connectivity index (χ3n) is 1.28. The summed E-state index contributed by atoms with van der Waals surface area (Å²) in [6.45, 7) is 3.15. The fraction of sp³-hybridized carbons (Fsp3) is 1.00. The van der Waals surface area contributed by atoms with Crippen molar-refractivity contribution in [3.05, 3.63) is 20.2 Å². The van der Waals surface area contributed by atoms with Gasteiger partial charge in [0.05, 0.1) is 9.85 Å². The summed E-state index contributed by atoms with van der Waals surface area (Å²) in [5, 5.41) is 20.3. The van der Waals surface area contributed by atoms with Gasteiger partial charge in [0.1, 0.15) is 0 Å². The molecule has 7 heteroatoms. The Hall–Kier alpha value is -1.24. The van der Waals surface area contributed by atoms with Crippen LogP contribution in [0.25, 0.3) is 0 Å². The summed E-state index contributed by atoms with van der Waals surface area (Å²) in [7, 11) is 0. The van der Waals surface area contributed by atoms with Crippen molar-refractivity contribution in [3.8, 4) is 0 Å². The largest absolute Gasteiger partial charge is 0.475 e. The first-order valence-electron chi connectivity index (χ1n) is 3.39. The smallest absolute Gasteiger partial charge is 0.364 e. The molecular formula is C5H10N2O5. The van der Waals surface area contributed by atoms with Crippen molar-refractivity contribution >= 4 is 0 Å². The van der Waals surface area contributed by atoms with E-state index in [0.717, 1.165) is 0 Å². The van der Waals surface area contributed by atoms with Crippen LogP contribution < -0.4 is 0 Å². The van der Waals surface area contributed by atoms with Crippen LogP contribution in [-0.2, 0) is 4.74 Å². The first-order valence-corrected chi connectivity index (χ1v) is 3.39. The van der Waals surface area contributed by atoms with Crippen LogP contribution in [0.15, 0.2) is 0 Å². The Morgan fingerprint density at radius 3 is 2.00 bits per heavy atom. The molecule has 0 aliphatic carbocycles. The van der Waals surface area contributed by atoms with Crippen molar-refractivity contribution in [3.63, 3.8) is 0 Å². The molecule has 0 aliphatic rings. The summed E-state index contributed by atoms with van der Waals surface area (Å²) in [5.41, 5.74) is 0. The molecule has 0 rings (SSSR count). The maximum absolute atomic E-state index is 10.1. The van der Waals surface area contributed by atoms with Crippen LogP contribution in [0.5, 0.6) is 0 Å². The molecule has 0 aromatic carbocycles. The van der Waals surface area contributed by atoms with Gasteiger partial charge in [-0.1, -0.05) is 0 Å². The molecular weight excluding hydrogens is 168 g/mol. The van der Waals surface area contributed by atoms with E-state index in [4.69, 9.17) is 4.74 Å². The van der Waals surface area contributed by atoms with E-state index >= 15 is 0 Å². The van der Waals surface area contributed by atoms with Gasteiger partial charge in [0.25, 0.3) is 0 Å². The highest BCUT2D eigenvalue weighted by Crippen LogP contribution is 2.03. The molecule has 0 spiro atoms. The first kappa shape index (κ1) is 10.8. The van der Waals surface area contributed by atoms with Gasteiger partial charge in [0.2, 0.25) is 0 Å². The molecule has 70 valence electrons. The quantitative estimate of drug-likeness (QED) is 0.342. The summed E-state index contributed by atoms with van der Waals surface area (Å²) in [4.78, 5) is 18.4. The molecule has 0 N–H and O–H groups in total. The number of rotatable bonds is 5. The third kappa shape index (κ3) is 2.79. The van der Waals surface area contributed by atoms with Gasteiger partial charge in [-0.25, -0.2) is 0 Å². The lowest BCUT2D eigenvalue weighted by atomic mass is 10.3. The normalized spacial score (nSPS) is 12.9. The predicted molar refractivity (Wildman–Crippen MR) is 38.9 cm³/mol. The van der Waals surface area contributed by atoms with Gasteiger partial charge < -0.3 is 4.74 Å². The lowest BCUT2D eigenvalue weighted by Gasteiger charge is -2.09. The zero-order valence-electron chi connectivity index (χ0n) is 6.80. The SMILES string of the molecule is CCOC(C)C([N+](=O)[O-])[N+](=O)[O-]. The highest BCUT2D eigenvalue weighted by Gasteiger charge is 2.39. The maximum Gasteiger partial charge on any atom is 0.475 e. The van der Waals surface area contributed by atoms with Gasteiger partial charge in [-0.15, -0.1) is 0 Å². The monoisotopic (exact) mass is 178 g/mol. The number of hydrogen-bond acceptors (Lipinski definition) is 5. The number of nitro groups is 2. The van der Waals surface area contributed by atoms with Gasteiger partial charge in [-0.2, -0.15) is 0 Å². The minimum absolute atomic E-state index is 0.222. The molecule has 12 heavy (non-hydrogen) atoms. The molecule has 7 nitrogen and oxygen atoms in total. The van der Waals surface area contributed by atoms with Crippen LogP contribution in [0.1, 0.15) is 13.8 Å². The minimum Gasteiger partial charge on any atom is -0.364 e. The highest BCUT2D eigenvalue weighted by molar-refractivity contribution is 4.52. The third-order valence-corrected chi connectivity index (χ3v) is 1.28. The van der Waals surface area contributed by atoms with Crippen LogP contribution in [-0.4, -0.2) is 28.7 Å². The molecule has 0 radical (unpaired) electrons. The Labute approximate surface area is 68.6 Å². The Morgan fingerprint density at radius 2 is 1.75 bits per heavy atom. The second-order valence-electron chi connectivity index (χ2n) is 2.14. The lowest BCUT2D eigenvalue weighted by molar-refractivity contribution is -0.751. The van der Waals surface area contributed by atoms with Crippen molar-refractivity contribution in [1.29, 1.82) is 0 Å². The van der Waals surface area contributed by atoms with Crippen LogP contribution in [0.2, 0.25) is 0 Å². The standard InChI is InChI=1S/C5H10N2O5/c1-3-12-4(2)5(6(8)9)7(10)11/h4-5H,3H2,1-2H3. The Bertz CT molecular complexity index is 169. The molecule has 0 bridgehead atoms. The van der Waals surface area contributed by atoms with E-state index in [2.05, 4.69) is 0 Å². The average molecular weight is 178 g/mol. The van der Waals surface area contributed by atoms with Gasteiger partial charge in [-0.3, -0.25) is 20.2 Å². The van der Waals surface area contributed by atoms with E-state index in [0.29, 0.717) is 0 Å². The number of ether oxygens (including phenoxy) is 1. The molecule has 0 amide bonds. The van der Waals surface area contributed by atoms with Gasteiger partial charge >= 0.3 is 6.17 Å². The molecule has 0 heterocycles. The molecule has 0 fully saturated rings. The van der Waals surface area contributed by atoms with Crippen molar-refractivity contribution in [1.82, 2.24) is 0 Å². The summed E-state index contributed by atoms with van der Waals surface area (Å²) >= 11 is 0. The second-order valence-corrected chi connectivity index (χ2v) is 2.14. The van der Waals surface area contributed by atoms with E-state index in [-0.39, 0.29) is 6.61 Å². The minimum atomic E-state index is -1.87. The second kappa shape index (κ2) is 4.60. The molecule has 1 unspecified atom stereocenters. The van der Waals surface area contributed by atoms with Crippen LogP contribution in [0, 0.1) is 20.2 Å². The summed E-state index contributed by atoms with van der Waals surface area (Å²) < 4.78 is 4.74. The fourth-order valence-corrected chi connectivity index (χ4v) is 0.769. The van der Waals surface area contributed by atoms with E-state index in [1.165, 1.54) is 6.92 Å². The zero-order valence-corrected chi connectivity index (χ0v) is 6.80. The summed E-state index contributed by atoms with van der Waals surface area (Å²) in [6.07, 6.45) is -2.87. The zero-order chi connectivity index (χ0) is 9.72. The van der Waals surface area contributed by atoms with Crippen LogP contribution >= 0.6 is 0 Å². The Morgan fingerprint density at radius 1 is 1.33 bits per heavy atom. The number of nitrogens with zero attached hydrogens (tertiary/aromatic N) is 2. The molecule has 0 saturated heterocycles. The van der Waals surface area contributed by atoms with E-state index < -0.39 is 22.1 Å². The average Bonchev–Trinajstić information content (AvgIpc) is 1.85. The maximum atomic E-state index is 10.1. The topological polar surface area (TPSA) is 95.5 Å². The lowest BCUT2D eigenvalue weighted by Crippen LogP contribution is -2.40. The van der Waals surface area contributed by atoms with Gasteiger partial charge in [0, 0.05) is 6.61 Å². The van der Waals surface area contributed by atoms with Crippen molar-refractivity contribution < 1.29 is 14.6 Å². The molecule has 0 saturated carbocycles.